The van der Waals surface area contributed by atoms with E-state index >= 15 is 0 Å². The molecule has 4 heteroatoms. The van der Waals surface area contributed by atoms with Gasteiger partial charge in [0, 0.05) is 0 Å². The Morgan fingerprint density at radius 2 is 1.50 bits per heavy atom. The number of para-hydroxylation sites is 1. The van der Waals surface area contributed by atoms with E-state index in [1.54, 1.807) is 0 Å². The van der Waals surface area contributed by atoms with E-state index in [9.17, 15) is 4.79 Å². The number of esters is 1. The van der Waals surface area contributed by atoms with Crippen LogP contribution in [0, 0.1) is 11.8 Å². The smallest absolute Gasteiger partial charge is 0.314 e. The molecular weight excluding hydrogens is 400 g/mol. The predicted octanol–water partition coefficient (Wildman–Crippen LogP) is 6.72. The zero-order valence-corrected chi connectivity index (χ0v) is 19.0. The van der Waals surface area contributed by atoms with Gasteiger partial charge >= 0.3 is 5.97 Å². The molecule has 0 saturated heterocycles. The second-order valence-electron chi connectivity index (χ2n) is 9.32. The quantitative estimate of drug-likeness (QED) is 0.249. The van der Waals surface area contributed by atoms with E-state index in [1.165, 1.54) is 44.1 Å². The monoisotopic (exact) mass is 436 g/mol. The Balaban J connectivity index is 1.12. The van der Waals surface area contributed by atoms with Crippen LogP contribution in [0.2, 0.25) is 0 Å². The Morgan fingerprint density at radius 1 is 0.781 bits per heavy atom. The number of rotatable bonds is 9. The van der Waals surface area contributed by atoms with Gasteiger partial charge in [0.25, 0.3) is 0 Å². The van der Waals surface area contributed by atoms with Crippen molar-refractivity contribution in [2.45, 2.75) is 76.7 Å². The third-order valence-corrected chi connectivity index (χ3v) is 6.99. The van der Waals surface area contributed by atoms with Crippen molar-refractivity contribution in [1.82, 2.24) is 0 Å². The molecule has 0 aromatic heterocycles. The van der Waals surface area contributed by atoms with Gasteiger partial charge in [-0.1, -0.05) is 49.6 Å². The van der Waals surface area contributed by atoms with Gasteiger partial charge in [0.15, 0.2) is 6.79 Å². The van der Waals surface area contributed by atoms with Crippen molar-refractivity contribution in [3.8, 4) is 11.5 Å². The van der Waals surface area contributed by atoms with Gasteiger partial charge in [0.2, 0.25) is 0 Å². The van der Waals surface area contributed by atoms with Crippen molar-refractivity contribution in [3.63, 3.8) is 0 Å². The van der Waals surface area contributed by atoms with Crippen LogP contribution >= 0.6 is 0 Å². The fourth-order valence-corrected chi connectivity index (χ4v) is 4.93. The first-order valence-electron chi connectivity index (χ1n) is 12.4. The Labute approximate surface area is 192 Å². The van der Waals surface area contributed by atoms with Gasteiger partial charge in [-0.3, -0.25) is 4.79 Å². The van der Waals surface area contributed by atoms with E-state index in [-0.39, 0.29) is 11.9 Å². The van der Waals surface area contributed by atoms with Crippen molar-refractivity contribution in [2.75, 3.05) is 6.79 Å². The molecule has 4 rings (SSSR count). The SMILES string of the molecule is O=C(Oc1ccccc1)C1CCC(CCc2ccc(OCOC3CCCCC3)cc2)CC1. The lowest BCUT2D eigenvalue weighted by atomic mass is 9.79. The molecule has 172 valence electrons. The Bertz CT molecular complexity index is 803. The molecule has 0 amide bonds. The zero-order chi connectivity index (χ0) is 22.0. The molecule has 32 heavy (non-hydrogen) atoms. The van der Waals surface area contributed by atoms with Gasteiger partial charge in [0.1, 0.15) is 11.5 Å². The summed E-state index contributed by atoms with van der Waals surface area (Å²) in [5.41, 5.74) is 1.34. The standard InChI is InChI=1S/C28H36O4/c29-28(32-27-9-5-2-6-10-27)24-17-13-22(14-18-24)11-12-23-15-19-26(20-16-23)31-21-30-25-7-3-1-4-8-25/h2,5-6,9-10,15-16,19-20,22,24-25H,1,3-4,7-8,11-14,17-18,21H2. The Kier molecular flexibility index (Phi) is 8.61. The lowest BCUT2D eigenvalue weighted by Crippen LogP contribution is -2.25. The van der Waals surface area contributed by atoms with Crippen LogP contribution < -0.4 is 9.47 Å². The third-order valence-electron chi connectivity index (χ3n) is 6.99. The highest BCUT2D eigenvalue weighted by molar-refractivity contribution is 5.75. The minimum absolute atomic E-state index is 0.0405. The maximum absolute atomic E-state index is 12.4. The summed E-state index contributed by atoms with van der Waals surface area (Å²) in [7, 11) is 0. The normalized spacial score (nSPS) is 21.8. The summed E-state index contributed by atoms with van der Waals surface area (Å²) in [6.45, 7) is 0.347. The molecule has 0 N–H and O–H groups in total. The molecule has 0 heterocycles. The van der Waals surface area contributed by atoms with Gasteiger partial charge in [0.05, 0.1) is 12.0 Å². The number of aryl methyl sites for hydroxylation is 1. The minimum atomic E-state index is -0.0716. The molecule has 0 radical (unpaired) electrons. The lowest BCUT2D eigenvalue weighted by Gasteiger charge is -2.27. The number of benzene rings is 2. The highest BCUT2D eigenvalue weighted by Crippen LogP contribution is 2.33. The van der Waals surface area contributed by atoms with Gasteiger partial charge in [-0.15, -0.1) is 0 Å². The summed E-state index contributed by atoms with van der Waals surface area (Å²) in [6.07, 6.45) is 12.9. The molecule has 2 aliphatic rings. The third kappa shape index (κ3) is 7.09. The van der Waals surface area contributed by atoms with Crippen molar-refractivity contribution >= 4 is 5.97 Å². The van der Waals surface area contributed by atoms with Gasteiger partial charge in [-0.2, -0.15) is 0 Å². The van der Waals surface area contributed by atoms with Gasteiger partial charge < -0.3 is 14.2 Å². The van der Waals surface area contributed by atoms with E-state index < -0.39 is 0 Å². The average molecular weight is 437 g/mol. The van der Waals surface area contributed by atoms with Crippen LogP contribution in [0.1, 0.15) is 69.8 Å². The number of carbonyl (C=O) groups excluding carboxylic acids is 1. The number of hydrogen-bond acceptors (Lipinski definition) is 4. The van der Waals surface area contributed by atoms with E-state index in [2.05, 4.69) is 24.3 Å². The first-order valence-corrected chi connectivity index (χ1v) is 12.4. The molecule has 0 spiro atoms. The van der Waals surface area contributed by atoms with E-state index in [4.69, 9.17) is 14.2 Å². The molecule has 0 bridgehead atoms. The number of carbonyl (C=O) groups is 1. The molecule has 2 saturated carbocycles. The lowest BCUT2D eigenvalue weighted by molar-refractivity contribution is -0.140. The maximum atomic E-state index is 12.4. The molecule has 2 fully saturated rings. The molecule has 2 aromatic rings. The van der Waals surface area contributed by atoms with E-state index in [1.807, 2.05) is 30.3 Å². The molecule has 0 atom stereocenters. The summed E-state index contributed by atoms with van der Waals surface area (Å²) in [6, 6.07) is 17.8. The molecule has 2 aliphatic carbocycles. The summed E-state index contributed by atoms with van der Waals surface area (Å²) in [5.74, 6) is 2.18. The number of hydrogen-bond donors (Lipinski definition) is 0. The number of ether oxygens (including phenoxy) is 3. The molecular formula is C28H36O4. The maximum Gasteiger partial charge on any atom is 0.314 e. The topological polar surface area (TPSA) is 44.8 Å². The van der Waals surface area contributed by atoms with Crippen LogP contribution in [-0.2, 0) is 16.0 Å². The van der Waals surface area contributed by atoms with Crippen LogP contribution in [0.15, 0.2) is 54.6 Å². The molecule has 0 unspecified atom stereocenters. The average Bonchev–Trinajstić information content (AvgIpc) is 2.85. The highest BCUT2D eigenvalue weighted by atomic mass is 16.7. The van der Waals surface area contributed by atoms with Crippen molar-refractivity contribution < 1.29 is 19.0 Å². The summed E-state index contributed by atoms with van der Waals surface area (Å²) in [4.78, 5) is 12.4. The largest absolute Gasteiger partial charge is 0.468 e. The first-order chi connectivity index (χ1) is 15.8. The van der Waals surface area contributed by atoms with Crippen LogP contribution in [-0.4, -0.2) is 18.9 Å². The minimum Gasteiger partial charge on any atom is -0.468 e. The molecule has 4 nitrogen and oxygen atoms in total. The van der Waals surface area contributed by atoms with E-state index in [0.29, 0.717) is 24.6 Å². The summed E-state index contributed by atoms with van der Waals surface area (Å²) < 4.78 is 17.1. The predicted molar refractivity (Wildman–Crippen MR) is 126 cm³/mol. The van der Waals surface area contributed by atoms with E-state index in [0.717, 1.165) is 37.9 Å². The van der Waals surface area contributed by atoms with Crippen molar-refractivity contribution in [1.29, 1.82) is 0 Å². The second-order valence-corrected chi connectivity index (χ2v) is 9.32. The second kappa shape index (κ2) is 12.1. The Morgan fingerprint density at radius 3 is 2.22 bits per heavy atom. The fraction of sp³-hybridized carbons (Fsp3) is 0.536. The van der Waals surface area contributed by atoms with Crippen LogP contribution in [0.5, 0.6) is 11.5 Å². The van der Waals surface area contributed by atoms with Crippen LogP contribution in [0.25, 0.3) is 0 Å². The van der Waals surface area contributed by atoms with Gasteiger partial charge in [-0.25, -0.2) is 0 Å². The van der Waals surface area contributed by atoms with Crippen molar-refractivity contribution in [3.05, 3.63) is 60.2 Å². The Hall–Kier alpha value is -2.33. The van der Waals surface area contributed by atoms with Crippen LogP contribution in [0.4, 0.5) is 0 Å². The van der Waals surface area contributed by atoms with Gasteiger partial charge in [-0.05, 0) is 87.1 Å². The van der Waals surface area contributed by atoms with Crippen molar-refractivity contribution in [2.24, 2.45) is 11.8 Å². The first kappa shape index (κ1) is 22.8. The highest BCUT2D eigenvalue weighted by Gasteiger charge is 2.27. The zero-order valence-electron chi connectivity index (χ0n) is 19.0. The van der Waals surface area contributed by atoms with Crippen LogP contribution in [0.3, 0.4) is 0 Å². The fourth-order valence-electron chi connectivity index (χ4n) is 4.93. The molecule has 0 aliphatic heterocycles. The summed E-state index contributed by atoms with van der Waals surface area (Å²) >= 11 is 0. The summed E-state index contributed by atoms with van der Waals surface area (Å²) in [5, 5.41) is 0. The molecule has 2 aromatic carbocycles.